The molecular weight excluding hydrogens is 416 g/mol. The van der Waals surface area contributed by atoms with Crippen molar-refractivity contribution in [2.24, 2.45) is 17.8 Å². The van der Waals surface area contributed by atoms with Crippen LogP contribution >= 0.6 is 0 Å². The highest BCUT2D eigenvalue weighted by Gasteiger charge is 2.53. The minimum absolute atomic E-state index is 0.000785. The van der Waals surface area contributed by atoms with Crippen LogP contribution in [0.1, 0.15) is 54.6 Å². The molecule has 1 heterocycles. The molecule has 1 aromatic heterocycles. The molecule has 33 heavy (non-hydrogen) atoms. The van der Waals surface area contributed by atoms with Crippen LogP contribution in [0.15, 0.2) is 60.8 Å². The van der Waals surface area contributed by atoms with Gasteiger partial charge in [-0.3, -0.25) is 14.9 Å². The van der Waals surface area contributed by atoms with Gasteiger partial charge in [0.2, 0.25) is 0 Å². The van der Waals surface area contributed by atoms with Crippen molar-refractivity contribution in [3.63, 3.8) is 0 Å². The predicted octanol–water partition coefficient (Wildman–Crippen LogP) is 5.50. The Morgan fingerprint density at radius 2 is 1.58 bits per heavy atom. The topological polar surface area (TPSA) is 90.1 Å². The van der Waals surface area contributed by atoms with E-state index in [4.69, 9.17) is 5.10 Å². The summed E-state index contributed by atoms with van der Waals surface area (Å²) in [6.45, 7) is 0. The lowest BCUT2D eigenvalue weighted by Gasteiger charge is -2.56. The first-order valence-electron chi connectivity index (χ1n) is 11.7. The van der Waals surface area contributed by atoms with E-state index in [-0.39, 0.29) is 17.0 Å². The van der Waals surface area contributed by atoms with Crippen LogP contribution in [0.25, 0.3) is 5.69 Å². The monoisotopic (exact) mass is 442 g/mol. The first-order valence-corrected chi connectivity index (χ1v) is 11.7. The molecule has 0 aliphatic heterocycles. The van der Waals surface area contributed by atoms with E-state index in [0.717, 1.165) is 48.4 Å². The Labute approximate surface area is 192 Å². The molecule has 168 valence electrons. The smallest absolute Gasteiger partial charge is 0.269 e. The summed E-state index contributed by atoms with van der Waals surface area (Å²) in [7, 11) is 0. The van der Waals surface area contributed by atoms with E-state index in [9.17, 15) is 14.9 Å². The summed E-state index contributed by atoms with van der Waals surface area (Å²) >= 11 is 0. The van der Waals surface area contributed by atoms with Gasteiger partial charge in [0, 0.05) is 29.4 Å². The fourth-order valence-electron chi connectivity index (χ4n) is 6.91. The van der Waals surface area contributed by atoms with E-state index in [2.05, 4.69) is 5.32 Å². The lowest BCUT2D eigenvalue weighted by Crippen LogP contribution is -2.49. The Balaban J connectivity index is 1.38. The van der Waals surface area contributed by atoms with Gasteiger partial charge in [0.1, 0.15) is 0 Å². The lowest BCUT2D eigenvalue weighted by atomic mass is 9.48. The van der Waals surface area contributed by atoms with E-state index in [0.29, 0.717) is 11.3 Å². The fourth-order valence-corrected chi connectivity index (χ4v) is 6.91. The van der Waals surface area contributed by atoms with E-state index in [1.54, 1.807) is 12.1 Å². The molecule has 3 aromatic rings. The van der Waals surface area contributed by atoms with Crippen molar-refractivity contribution in [1.29, 1.82) is 0 Å². The van der Waals surface area contributed by atoms with Crippen molar-refractivity contribution < 1.29 is 9.72 Å². The van der Waals surface area contributed by atoms with Crippen LogP contribution in [0.5, 0.6) is 0 Å². The van der Waals surface area contributed by atoms with Gasteiger partial charge in [-0.1, -0.05) is 18.2 Å². The molecule has 4 saturated carbocycles. The lowest BCUT2D eigenvalue weighted by molar-refractivity contribution is -0.384. The number of aromatic nitrogens is 2. The molecule has 0 radical (unpaired) electrons. The Morgan fingerprint density at radius 1 is 0.970 bits per heavy atom. The van der Waals surface area contributed by atoms with E-state index in [1.807, 2.05) is 41.2 Å². The first-order chi connectivity index (χ1) is 16.0. The van der Waals surface area contributed by atoms with E-state index < -0.39 is 4.92 Å². The number of carbonyl (C=O) groups excluding carboxylic acids is 1. The number of carbonyl (C=O) groups is 1. The number of non-ortho nitro benzene ring substituents is 1. The number of rotatable bonds is 5. The summed E-state index contributed by atoms with van der Waals surface area (Å²) in [6.07, 6.45) is 9.16. The number of anilines is 1. The first kappa shape index (κ1) is 20.1. The summed E-state index contributed by atoms with van der Waals surface area (Å²) in [5.74, 6) is 2.01. The molecule has 0 saturated heterocycles. The second kappa shape index (κ2) is 7.54. The van der Waals surface area contributed by atoms with Gasteiger partial charge in [-0.15, -0.1) is 0 Å². The van der Waals surface area contributed by atoms with Crippen LogP contribution in [-0.4, -0.2) is 20.6 Å². The van der Waals surface area contributed by atoms with Crippen LogP contribution in [0.3, 0.4) is 0 Å². The SMILES string of the molecule is O=C(Nc1ccc([N+](=O)[O-])cc1)c1cn(-c2ccccc2)nc1C12CC3CC(CC(C3)C1)C2. The molecule has 0 atom stereocenters. The largest absolute Gasteiger partial charge is 0.322 e. The number of benzene rings is 2. The van der Waals surface area contributed by atoms with Crippen LogP contribution in [0.4, 0.5) is 11.4 Å². The third-order valence-corrected chi connectivity index (χ3v) is 7.86. The molecule has 4 bridgehead atoms. The standard InChI is InChI=1S/C26H26N4O3/c31-25(27-20-6-8-22(9-7-20)30(32)33)23-16-29(21-4-2-1-3-5-21)28-24(23)26-13-17-10-18(14-26)12-19(11-17)15-26/h1-9,16-19H,10-15H2,(H,27,31). The number of para-hydroxylation sites is 1. The Morgan fingerprint density at radius 3 is 2.15 bits per heavy atom. The predicted molar refractivity (Wildman–Crippen MR) is 124 cm³/mol. The molecule has 1 N–H and O–H groups in total. The molecule has 4 fully saturated rings. The van der Waals surface area contributed by atoms with Gasteiger partial charge >= 0.3 is 0 Å². The van der Waals surface area contributed by atoms with Gasteiger partial charge in [0.25, 0.3) is 11.6 Å². The molecule has 7 heteroatoms. The summed E-state index contributed by atoms with van der Waals surface area (Å²) < 4.78 is 1.83. The third-order valence-electron chi connectivity index (χ3n) is 7.86. The van der Waals surface area contributed by atoms with Gasteiger partial charge in [-0.2, -0.15) is 5.10 Å². The van der Waals surface area contributed by atoms with Crippen LogP contribution in [-0.2, 0) is 5.41 Å². The molecule has 2 aromatic carbocycles. The molecular formula is C26H26N4O3. The van der Waals surface area contributed by atoms with Gasteiger partial charge in [0.15, 0.2) is 0 Å². The highest BCUT2D eigenvalue weighted by molar-refractivity contribution is 6.05. The maximum atomic E-state index is 13.5. The maximum Gasteiger partial charge on any atom is 0.269 e. The third kappa shape index (κ3) is 3.52. The molecule has 4 aliphatic carbocycles. The highest BCUT2D eigenvalue weighted by Crippen LogP contribution is 2.60. The number of nitrogens with one attached hydrogen (secondary N) is 1. The summed E-state index contributed by atoms with van der Waals surface area (Å²) in [6, 6.07) is 15.9. The minimum Gasteiger partial charge on any atom is -0.322 e. The zero-order valence-corrected chi connectivity index (χ0v) is 18.3. The average Bonchev–Trinajstić information content (AvgIpc) is 3.26. The molecule has 7 nitrogen and oxygen atoms in total. The number of hydrogen-bond acceptors (Lipinski definition) is 4. The Bertz CT molecular complexity index is 1180. The summed E-state index contributed by atoms with van der Waals surface area (Å²) in [5, 5.41) is 18.9. The molecule has 0 unspecified atom stereocenters. The number of hydrogen-bond donors (Lipinski definition) is 1. The van der Waals surface area contributed by atoms with Gasteiger partial charge < -0.3 is 5.32 Å². The minimum atomic E-state index is -0.444. The van der Waals surface area contributed by atoms with E-state index >= 15 is 0 Å². The van der Waals surface area contributed by atoms with Crippen LogP contribution in [0, 0.1) is 27.9 Å². The molecule has 4 aliphatic rings. The van der Waals surface area contributed by atoms with Crippen molar-refractivity contribution >= 4 is 17.3 Å². The average molecular weight is 443 g/mol. The number of amides is 1. The van der Waals surface area contributed by atoms with Crippen molar-refractivity contribution in [2.45, 2.75) is 43.9 Å². The van der Waals surface area contributed by atoms with Crippen molar-refractivity contribution in [2.75, 3.05) is 5.32 Å². The zero-order valence-electron chi connectivity index (χ0n) is 18.3. The van der Waals surface area contributed by atoms with Gasteiger partial charge in [-0.05, 0) is 80.5 Å². The summed E-state index contributed by atoms with van der Waals surface area (Å²) in [4.78, 5) is 24.0. The van der Waals surface area contributed by atoms with Crippen molar-refractivity contribution in [3.8, 4) is 5.69 Å². The number of nitro groups is 1. The van der Waals surface area contributed by atoms with E-state index in [1.165, 1.54) is 31.4 Å². The second-order valence-corrected chi connectivity index (χ2v) is 10.1. The van der Waals surface area contributed by atoms with Crippen LogP contribution < -0.4 is 5.32 Å². The quantitative estimate of drug-likeness (QED) is 0.417. The normalized spacial score (nSPS) is 27.5. The molecule has 7 rings (SSSR count). The molecule has 1 amide bonds. The zero-order chi connectivity index (χ0) is 22.6. The van der Waals surface area contributed by atoms with Crippen molar-refractivity contribution in [3.05, 3.63) is 82.2 Å². The number of nitrogens with zero attached hydrogens (tertiary/aromatic N) is 3. The Kier molecular flexibility index (Phi) is 4.60. The second-order valence-electron chi connectivity index (χ2n) is 10.1. The number of nitro benzene ring substituents is 1. The Hall–Kier alpha value is -3.48. The highest BCUT2D eigenvalue weighted by atomic mass is 16.6. The van der Waals surface area contributed by atoms with Crippen molar-refractivity contribution in [1.82, 2.24) is 9.78 Å². The fraction of sp³-hybridized carbons (Fsp3) is 0.385. The summed E-state index contributed by atoms with van der Waals surface area (Å²) in [5.41, 5.74) is 2.97. The molecule has 0 spiro atoms. The van der Waals surface area contributed by atoms with Crippen LogP contribution in [0.2, 0.25) is 0 Å². The van der Waals surface area contributed by atoms with Gasteiger partial charge in [-0.25, -0.2) is 4.68 Å². The van der Waals surface area contributed by atoms with Gasteiger partial charge in [0.05, 0.1) is 21.9 Å². The maximum absolute atomic E-state index is 13.5.